The number of benzene rings is 5. The minimum atomic E-state index is -1.05. The lowest BCUT2D eigenvalue weighted by atomic mass is 10.0. The van der Waals surface area contributed by atoms with Gasteiger partial charge in [0.2, 0.25) is 0 Å². The fraction of sp³-hybridized carbons (Fsp3) is 0.0270. The van der Waals surface area contributed by atoms with Gasteiger partial charge in [-0.1, -0.05) is 158 Å². The lowest BCUT2D eigenvalue weighted by Crippen LogP contribution is -2.16. The van der Waals surface area contributed by atoms with Crippen molar-refractivity contribution in [3.05, 3.63) is 176 Å². The monoisotopic (exact) mass is 554 g/mol. The van der Waals surface area contributed by atoms with Crippen LogP contribution >= 0.6 is 16.1 Å². The fourth-order valence-electron chi connectivity index (χ4n) is 4.36. The molecule has 0 saturated carbocycles. The van der Waals surface area contributed by atoms with Crippen LogP contribution in [0.2, 0.25) is 0 Å². The maximum Gasteiger partial charge on any atom is 0.150 e. The SMILES string of the molecule is C=C/C=C\C=C/P(c1ccccc1)c1cc(OP(c2ccccc2)c2ccccc2)cc(-c2ccc(C)cc2)c1. The highest BCUT2D eigenvalue weighted by Crippen LogP contribution is 2.42. The molecule has 40 heavy (non-hydrogen) atoms. The summed E-state index contributed by atoms with van der Waals surface area (Å²) < 4.78 is 6.97. The summed E-state index contributed by atoms with van der Waals surface area (Å²) in [6.07, 6.45) is 7.92. The molecule has 1 unspecified atom stereocenters. The Kier molecular flexibility index (Phi) is 9.54. The van der Waals surface area contributed by atoms with E-state index < -0.39 is 16.1 Å². The third kappa shape index (κ3) is 7.13. The van der Waals surface area contributed by atoms with Crippen LogP contribution in [0.15, 0.2) is 170 Å². The van der Waals surface area contributed by atoms with Gasteiger partial charge in [-0.3, -0.25) is 0 Å². The summed E-state index contributed by atoms with van der Waals surface area (Å²) in [5.74, 6) is 3.19. The molecule has 0 heterocycles. The first-order chi connectivity index (χ1) is 19.7. The van der Waals surface area contributed by atoms with Gasteiger partial charge in [0.25, 0.3) is 0 Å². The van der Waals surface area contributed by atoms with Gasteiger partial charge in [0.05, 0.1) is 0 Å². The van der Waals surface area contributed by atoms with E-state index in [1.165, 1.54) is 32.3 Å². The van der Waals surface area contributed by atoms with E-state index in [1.807, 2.05) is 12.2 Å². The lowest BCUT2D eigenvalue weighted by Gasteiger charge is -2.22. The zero-order chi connectivity index (χ0) is 27.6. The van der Waals surface area contributed by atoms with Gasteiger partial charge in [-0.15, -0.1) is 0 Å². The Labute approximate surface area is 240 Å². The van der Waals surface area contributed by atoms with Crippen molar-refractivity contribution in [3.63, 3.8) is 0 Å². The van der Waals surface area contributed by atoms with E-state index in [2.05, 4.69) is 159 Å². The Morgan fingerprint density at radius 1 is 0.550 bits per heavy atom. The molecule has 3 heteroatoms. The highest BCUT2D eigenvalue weighted by molar-refractivity contribution is 7.75. The number of allylic oxidation sites excluding steroid dienone is 4. The van der Waals surface area contributed by atoms with Crippen molar-refractivity contribution in [2.24, 2.45) is 0 Å². The van der Waals surface area contributed by atoms with Crippen molar-refractivity contribution >= 4 is 37.3 Å². The smallest absolute Gasteiger partial charge is 0.150 e. The summed E-state index contributed by atoms with van der Waals surface area (Å²) in [6.45, 7) is 5.93. The van der Waals surface area contributed by atoms with E-state index in [1.54, 1.807) is 6.08 Å². The van der Waals surface area contributed by atoms with Crippen LogP contribution in [0.5, 0.6) is 5.75 Å². The molecule has 0 bridgehead atoms. The van der Waals surface area contributed by atoms with Crippen molar-refractivity contribution in [1.82, 2.24) is 0 Å². The summed E-state index contributed by atoms with van der Waals surface area (Å²) >= 11 is 0. The van der Waals surface area contributed by atoms with Gasteiger partial charge in [-0.2, -0.15) is 0 Å². The van der Waals surface area contributed by atoms with E-state index in [0.717, 1.165) is 11.3 Å². The molecule has 1 atom stereocenters. The molecule has 5 aromatic carbocycles. The van der Waals surface area contributed by atoms with Crippen molar-refractivity contribution in [2.75, 3.05) is 0 Å². The normalized spacial score (nSPS) is 12.2. The Morgan fingerprint density at radius 2 is 1.12 bits per heavy atom. The summed E-state index contributed by atoms with van der Waals surface area (Å²) in [4.78, 5) is 0. The first-order valence-electron chi connectivity index (χ1n) is 13.3. The first kappa shape index (κ1) is 27.5. The molecule has 196 valence electrons. The average Bonchev–Trinajstić information content (AvgIpc) is 3.01. The van der Waals surface area contributed by atoms with Gasteiger partial charge >= 0.3 is 0 Å². The first-order valence-corrected chi connectivity index (χ1v) is 16.0. The van der Waals surface area contributed by atoms with Crippen LogP contribution in [0, 0.1) is 6.92 Å². The largest absolute Gasteiger partial charge is 0.464 e. The van der Waals surface area contributed by atoms with Crippen LogP contribution in [0.4, 0.5) is 0 Å². The molecule has 5 aromatic rings. The standard InChI is InChI=1S/C37H32OP2/c1-3-4-5-15-26-39(34-16-9-6-10-17-34)37-28-32(31-24-22-30(2)23-25-31)27-33(29-37)38-40(35-18-11-7-12-19-35)36-20-13-8-14-21-36/h3-29H,1H2,2H3/b5-4-,26-15-. The van der Waals surface area contributed by atoms with Crippen LogP contribution in [0.25, 0.3) is 11.1 Å². The molecule has 0 spiro atoms. The fourth-order valence-corrected chi connectivity index (χ4v) is 8.03. The van der Waals surface area contributed by atoms with E-state index in [-0.39, 0.29) is 0 Å². The molecule has 1 nitrogen and oxygen atoms in total. The van der Waals surface area contributed by atoms with Crippen LogP contribution in [0.3, 0.4) is 0 Å². The Balaban J connectivity index is 1.64. The summed E-state index contributed by atoms with van der Waals surface area (Å²) in [5.41, 5.74) is 3.58. The van der Waals surface area contributed by atoms with E-state index in [9.17, 15) is 0 Å². The zero-order valence-corrected chi connectivity index (χ0v) is 24.4. The van der Waals surface area contributed by atoms with Gasteiger partial charge in [0.15, 0.2) is 8.15 Å². The topological polar surface area (TPSA) is 9.23 Å². The minimum absolute atomic E-state index is 0.769. The maximum atomic E-state index is 6.97. The van der Waals surface area contributed by atoms with E-state index >= 15 is 0 Å². The predicted molar refractivity (Wildman–Crippen MR) is 177 cm³/mol. The lowest BCUT2D eigenvalue weighted by molar-refractivity contribution is 0.631. The molecule has 0 amide bonds. The van der Waals surface area contributed by atoms with Crippen LogP contribution in [-0.2, 0) is 0 Å². The van der Waals surface area contributed by atoms with Gasteiger partial charge in [0, 0.05) is 10.6 Å². The molecule has 5 rings (SSSR count). The third-order valence-electron chi connectivity index (χ3n) is 6.36. The van der Waals surface area contributed by atoms with Crippen LogP contribution < -0.4 is 25.7 Å². The number of aryl methyl sites for hydroxylation is 1. The van der Waals surface area contributed by atoms with Crippen LogP contribution in [-0.4, -0.2) is 0 Å². The highest BCUT2D eigenvalue weighted by atomic mass is 31.1. The molecule has 0 aromatic heterocycles. The number of rotatable bonds is 10. The van der Waals surface area contributed by atoms with Gasteiger partial charge in [-0.05, 0) is 54.8 Å². The second-order valence-electron chi connectivity index (χ2n) is 9.31. The number of hydrogen-bond donors (Lipinski definition) is 0. The molecule has 0 aliphatic carbocycles. The minimum Gasteiger partial charge on any atom is -0.464 e. The Hall–Kier alpha value is -4.02. The molecule has 0 fully saturated rings. The van der Waals surface area contributed by atoms with Crippen molar-refractivity contribution in [1.29, 1.82) is 0 Å². The average molecular weight is 555 g/mol. The predicted octanol–water partition coefficient (Wildman–Crippen LogP) is 8.78. The summed E-state index contributed by atoms with van der Waals surface area (Å²) in [7, 11) is -1.82. The molecular weight excluding hydrogens is 522 g/mol. The van der Waals surface area contributed by atoms with Gasteiger partial charge in [0.1, 0.15) is 5.75 Å². The Morgan fingerprint density at radius 3 is 1.70 bits per heavy atom. The van der Waals surface area contributed by atoms with E-state index in [4.69, 9.17) is 4.52 Å². The Bertz CT molecular complexity index is 1540. The molecule has 0 saturated heterocycles. The molecule has 0 radical (unpaired) electrons. The summed E-state index contributed by atoms with van der Waals surface area (Å²) in [6, 6.07) is 47.3. The number of hydrogen-bond acceptors (Lipinski definition) is 1. The quantitative estimate of drug-likeness (QED) is 0.124. The van der Waals surface area contributed by atoms with E-state index in [0.29, 0.717) is 0 Å². The van der Waals surface area contributed by atoms with Crippen LogP contribution in [0.1, 0.15) is 5.56 Å². The van der Waals surface area contributed by atoms with Gasteiger partial charge < -0.3 is 4.52 Å². The molecule has 0 N–H and O–H groups in total. The third-order valence-corrected chi connectivity index (χ3v) is 10.4. The summed E-state index contributed by atoms with van der Waals surface area (Å²) in [5, 5.41) is 4.91. The van der Waals surface area contributed by atoms with Gasteiger partial charge in [-0.25, -0.2) is 0 Å². The highest BCUT2D eigenvalue weighted by Gasteiger charge is 2.19. The van der Waals surface area contributed by atoms with Crippen molar-refractivity contribution < 1.29 is 4.52 Å². The second kappa shape index (κ2) is 13.9. The van der Waals surface area contributed by atoms with Crippen molar-refractivity contribution in [3.8, 4) is 16.9 Å². The molecular formula is C37H32OP2. The second-order valence-corrected chi connectivity index (χ2v) is 13.2. The van der Waals surface area contributed by atoms with Crippen molar-refractivity contribution in [2.45, 2.75) is 6.92 Å². The molecule has 0 aliphatic heterocycles. The molecule has 0 aliphatic rings. The zero-order valence-electron chi connectivity index (χ0n) is 22.6. The maximum absolute atomic E-state index is 6.97.